The van der Waals surface area contributed by atoms with Gasteiger partial charge in [0.1, 0.15) is 12.2 Å². The Morgan fingerprint density at radius 3 is 2.55 bits per heavy atom. The Labute approximate surface area is 183 Å². The van der Waals surface area contributed by atoms with Gasteiger partial charge < -0.3 is 5.32 Å². The predicted molar refractivity (Wildman–Crippen MR) is 120 cm³/mol. The van der Waals surface area contributed by atoms with E-state index in [1.807, 2.05) is 31.2 Å². The number of aryl methyl sites for hydroxylation is 1. The van der Waals surface area contributed by atoms with E-state index in [0.717, 1.165) is 19.7 Å². The first-order chi connectivity index (χ1) is 13.9. The minimum atomic E-state index is -0.395. The molecule has 0 atom stereocenters. The number of thiazole rings is 1. The molecule has 4 rings (SSSR count). The van der Waals surface area contributed by atoms with Crippen LogP contribution in [0.15, 0.2) is 57.8 Å². The van der Waals surface area contributed by atoms with Crippen LogP contribution in [-0.4, -0.2) is 20.7 Å². The van der Waals surface area contributed by atoms with Crippen molar-refractivity contribution in [3.63, 3.8) is 0 Å². The molecule has 1 amide bonds. The number of anilines is 1. The number of amides is 1. The SMILES string of the molecule is Cc1nc2c(=O)n(CC(=O)Nc3ccc(Br)cc3)nc(-c3ccc(Cl)cc3)c2s1. The van der Waals surface area contributed by atoms with E-state index in [1.54, 1.807) is 24.3 Å². The van der Waals surface area contributed by atoms with Crippen molar-refractivity contribution >= 4 is 60.7 Å². The van der Waals surface area contributed by atoms with E-state index in [2.05, 4.69) is 31.3 Å². The summed E-state index contributed by atoms with van der Waals surface area (Å²) in [4.78, 5) is 29.7. The second-order valence-electron chi connectivity index (χ2n) is 6.28. The molecule has 6 nitrogen and oxygen atoms in total. The van der Waals surface area contributed by atoms with Gasteiger partial charge in [-0.1, -0.05) is 39.7 Å². The minimum absolute atomic E-state index is 0.220. The Kier molecular flexibility index (Phi) is 5.49. The molecular formula is C20H14BrClN4O2S. The lowest BCUT2D eigenvalue weighted by molar-refractivity contribution is -0.117. The highest BCUT2D eigenvalue weighted by atomic mass is 79.9. The first-order valence-electron chi connectivity index (χ1n) is 8.60. The van der Waals surface area contributed by atoms with Gasteiger partial charge in [-0.05, 0) is 43.3 Å². The van der Waals surface area contributed by atoms with Crippen molar-refractivity contribution in [3.05, 3.63) is 73.4 Å². The monoisotopic (exact) mass is 488 g/mol. The zero-order valence-electron chi connectivity index (χ0n) is 15.1. The van der Waals surface area contributed by atoms with Crippen molar-refractivity contribution in [2.45, 2.75) is 13.5 Å². The van der Waals surface area contributed by atoms with Crippen LogP contribution in [0.1, 0.15) is 5.01 Å². The van der Waals surface area contributed by atoms with Crippen LogP contribution in [-0.2, 0) is 11.3 Å². The molecule has 1 N–H and O–H groups in total. The molecule has 2 heterocycles. The van der Waals surface area contributed by atoms with Gasteiger partial charge in [-0.15, -0.1) is 11.3 Å². The lowest BCUT2D eigenvalue weighted by Crippen LogP contribution is -2.30. The summed E-state index contributed by atoms with van der Waals surface area (Å²) in [5.74, 6) is -0.352. The number of aromatic nitrogens is 3. The van der Waals surface area contributed by atoms with E-state index in [4.69, 9.17) is 11.6 Å². The number of hydrogen-bond donors (Lipinski definition) is 1. The van der Waals surface area contributed by atoms with Crippen LogP contribution in [0.4, 0.5) is 5.69 Å². The summed E-state index contributed by atoms with van der Waals surface area (Å²) in [6.07, 6.45) is 0. The molecule has 0 saturated carbocycles. The van der Waals surface area contributed by atoms with E-state index in [1.165, 1.54) is 11.3 Å². The highest BCUT2D eigenvalue weighted by molar-refractivity contribution is 9.10. The molecule has 9 heteroatoms. The fourth-order valence-electron chi connectivity index (χ4n) is 2.84. The van der Waals surface area contributed by atoms with Crippen molar-refractivity contribution in [1.29, 1.82) is 0 Å². The van der Waals surface area contributed by atoms with Gasteiger partial charge in [-0.2, -0.15) is 5.10 Å². The second-order valence-corrected chi connectivity index (χ2v) is 8.84. The van der Waals surface area contributed by atoms with Crippen LogP contribution in [0, 0.1) is 6.92 Å². The van der Waals surface area contributed by atoms with Crippen LogP contribution < -0.4 is 10.9 Å². The van der Waals surface area contributed by atoms with Crippen molar-refractivity contribution < 1.29 is 4.79 Å². The smallest absolute Gasteiger partial charge is 0.294 e. The molecule has 0 aliphatic heterocycles. The first-order valence-corrected chi connectivity index (χ1v) is 10.6. The molecule has 0 aliphatic carbocycles. The first kappa shape index (κ1) is 19.8. The number of halogens is 2. The number of nitrogens with one attached hydrogen (secondary N) is 1. The third-order valence-corrected chi connectivity index (χ3v) is 5.90. The molecule has 0 radical (unpaired) electrons. The van der Waals surface area contributed by atoms with Gasteiger partial charge in [0.05, 0.1) is 9.71 Å². The van der Waals surface area contributed by atoms with E-state index >= 15 is 0 Å². The quantitative estimate of drug-likeness (QED) is 0.443. The van der Waals surface area contributed by atoms with E-state index < -0.39 is 5.56 Å². The van der Waals surface area contributed by atoms with Crippen molar-refractivity contribution in [2.75, 3.05) is 5.32 Å². The third-order valence-electron chi connectivity index (χ3n) is 4.15. The molecule has 0 bridgehead atoms. The summed E-state index contributed by atoms with van der Waals surface area (Å²) in [5, 5.41) is 8.60. The molecule has 0 saturated heterocycles. The van der Waals surface area contributed by atoms with Gasteiger partial charge in [0.2, 0.25) is 5.91 Å². The van der Waals surface area contributed by atoms with E-state index in [9.17, 15) is 9.59 Å². The predicted octanol–water partition coefficient (Wildman–Crippen LogP) is 4.88. The summed E-state index contributed by atoms with van der Waals surface area (Å²) in [5.41, 5.74) is 1.94. The van der Waals surface area contributed by atoms with Gasteiger partial charge in [0.25, 0.3) is 5.56 Å². The Balaban J connectivity index is 1.73. The van der Waals surface area contributed by atoms with Crippen molar-refractivity contribution in [3.8, 4) is 11.3 Å². The van der Waals surface area contributed by atoms with Crippen LogP contribution in [0.2, 0.25) is 5.02 Å². The number of benzene rings is 2. The van der Waals surface area contributed by atoms with Gasteiger partial charge in [-0.3, -0.25) is 9.59 Å². The van der Waals surface area contributed by atoms with Gasteiger partial charge in [0, 0.05) is 20.7 Å². The maximum Gasteiger partial charge on any atom is 0.294 e. The topological polar surface area (TPSA) is 76.9 Å². The van der Waals surface area contributed by atoms with Gasteiger partial charge >= 0.3 is 0 Å². The lowest BCUT2D eigenvalue weighted by Gasteiger charge is -2.09. The van der Waals surface area contributed by atoms with Gasteiger partial charge in [0.15, 0.2) is 5.52 Å². The lowest BCUT2D eigenvalue weighted by atomic mass is 10.1. The summed E-state index contributed by atoms with van der Waals surface area (Å²) in [6, 6.07) is 14.4. The third kappa shape index (κ3) is 4.24. The number of nitrogens with zero attached hydrogens (tertiary/aromatic N) is 3. The molecule has 29 heavy (non-hydrogen) atoms. The second kappa shape index (κ2) is 8.06. The summed E-state index contributed by atoms with van der Waals surface area (Å²) in [6.45, 7) is 1.61. The van der Waals surface area contributed by atoms with Crippen LogP contribution in [0.3, 0.4) is 0 Å². The van der Waals surface area contributed by atoms with Crippen LogP contribution in [0.5, 0.6) is 0 Å². The van der Waals surface area contributed by atoms with Crippen LogP contribution >= 0.6 is 38.9 Å². The molecule has 0 unspecified atom stereocenters. The molecule has 2 aromatic heterocycles. The highest BCUT2D eigenvalue weighted by Gasteiger charge is 2.18. The maximum absolute atomic E-state index is 12.8. The number of carbonyl (C=O) groups is 1. The molecule has 0 aliphatic rings. The molecule has 0 spiro atoms. The van der Waals surface area contributed by atoms with Crippen molar-refractivity contribution in [1.82, 2.24) is 14.8 Å². The number of carbonyl (C=O) groups excluding carboxylic acids is 1. The van der Waals surface area contributed by atoms with Crippen LogP contribution in [0.25, 0.3) is 21.5 Å². The Hall–Kier alpha value is -2.55. The van der Waals surface area contributed by atoms with Gasteiger partial charge in [-0.25, -0.2) is 9.67 Å². The zero-order chi connectivity index (χ0) is 20.5. The van der Waals surface area contributed by atoms with Crippen molar-refractivity contribution in [2.24, 2.45) is 0 Å². The summed E-state index contributed by atoms with van der Waals surface area (Å²) < 4.78 is 2.75. The van der Waals surface area contributed by atoms with E-state index in [-0.39, 0.29) is 12.5 Å². The average molecular weight is 490 g/mol. The fourth-order valence-corrected chi connectivity index (χ4v) is 4.15. The molecule has 4 aromatic rings. The molecular weight excluding hydrogens is 476 g/mol. The normalized spacial score (nSPS) is 11.0. The standard InChI is InChI=1S/C20H14BrClN4O2S/c1-11-23-18-19(29-11)17(12-2-6-14(22)7-3-12)25-26(20(18)28)10-16(27)24-15-8-4-13(21)5-9-15/h2-9H,10H2,1H3,(H,24,27). The summed E-state index contributed by atoms with van der Waals surface area (Å²) >= 11 is 10.7. The Morgan fingerprint density at radius 2 is 1.86 bits per heavy atom. The molecule has 0 fully saturated rings. The highest BCUT2D eigenvalue weighted by Crippen LogP contribution is 2.30. The maximum atomic E-state index is 12.8. The van der Waals surface area contributed by atoms with E-state index in [0.29, 0.717) is 26.6 Å². The minimum Gasteiger partial charge on any atom is -0.324 e. The number of fused-ring (bicyclic) bond motifs is 1. The Bertz CT molecular complexity index is 1270. The largest absolute Gasteiger partial charge is 0.324 e. The summed E-state index contributed by atoms with van der Waals surface area (Å²) in [7, 11) is 0. The fraction of sp³-hybridized carbons (Fsp3) is 0.100. The number of hydrogen-bond acceptors (Lipinski definition) is 5. The molecule has 146 valence electrons. The average Bonchev–Trinajstić information content (AvgIpc) is 3.09. The Morgan fingerprint density at radius 1 is 1.17 bits per heavy atom. The number of rotatable bonds is 4. The molecule has 2 aromatic carbocycles. The zero-order valence-corrected chi connectivity index (χ0v) is 18.3.